The van der Waals surface area contributed by atoms with Gasteiger partial charge in [0.25, 0.3) is 0 Å². The molecule has 4 heteroatoms. The Morgan fingerprint density at radius 2 is 2.20 bits per heavy atom. The van der Waals surface area contributed by atoms with Crippen LogP contribution in [0.3, 0.4) is 0 Å². The van der Waals surface area contributed by atoms with Crippen LogP contribution in [0.25, 0.3) is 0 Å². The molecule has 0 amide bonds. The van der Waals surface area contributed by atoms with Gasteiger partial charge < -0.3 is 10.1 Å². The Bertz CT molecular complexity index is 294. The Labute approximate surface area is 128 Å². The van der Waals surface area contributed by atoms with Gasteiger partial charge in [0.1, 0.15) is 5.54 Å². The van der Waals surface area contributed by atoms with E-state index in [1.165, 1.54) is 18.6 Å². The van der Waals surface area contributed by atoms with E-state index in [-0.39, 0.29) is 5.97 Å². The molecule has 3 atom stereocenters. The zero-order chi connectivity index (χ0) is 15.0. The molecule has 1 rings (SSSR count). The molecule has 0 heterocycles. The second-order valence-electron chi connectivity index (χ2n) is 5.90. The van der Waals surface area contributed by atoms with Gasteiger partial charge in [-0.2, -0.15) is 11.8 Å². The summed E-state index contributed by atoms with van der Waals surface area (Å²) < 4.78 is 5.32. The van der Waals surface area contributed by atoms with Crippen LogP contribution in [0.5, 0.6) is 0 Å². The van der Waals surface area contributed by atoms with Gasteiger partial charge in [-0.1, -0.05) is 27.2 Å². The van der Waals surface area contributed by atoms with Gasteiger partial charge in [-0.25, -0.2) is 0 Å². The first-order valence-corrected chi connectivity index (χ1v) is 9.16. The number of likely N-dealkylation sites (N-methyl/N-ethyl adjacent to an activating group) is 1. The van der Waals surface area contributed by atoms with Crippen molar-refractivity contribution in [3.8, 4) is 0 Å². The van der Waals surface area contributed by atoms with E-state index in [1.807, 2.05) is 18.7 Å². The fraction of sp³-hybridized carbons (Fsp3) is 0.938. The first-order chi connectivity index (χ1) is 9.57. The first kappa shape index (κ1) is 17.8. The van der Waals surface area contributed by atoms with Crippen LogP contribution in [0.4, 0.5) is 0 Å². The van der Waals surface area contributed by atoms with Crippen LogP contribution in [-0.4, -0.2) is 35.7 Å². The van der Waals surface area contributed by atoms with Gasteiger partial charge in [0.15, 0.2) is 0 Å². The van der Waals surface area contributed by atoms with Gasteiger partial charge in [0.2, 0.25) is 0 Å². The van der Waals surface area contributed by atoms with E-state index in [0.29, 0.717) is 11.9 Å². The summed E-state index contributed by atoms with van der Waals surface area (Å²) in [5.41, 5.74) is -0.434. The van der Waals surface area contributed by atoms with Gasteiger partial charge >= 0.3 is 5.97 Å². The van der Waals surface area contributed by atoms with Crippen molar-refractivity contribution in [1.29, 1.82) is 0 Å². The summed E-state index contributed by atoms with van der Waals surface area (Å²) >= 11 is 2.05. The number of hydrogen-bond acceptors (Lipinski definition) is 4. The number of ether oxygens (including phenoxy) is 1. The van der Waals surface area contributed by atoms with Crippen LogP contribution in [-0.2, 0) is 9.53 Å². The maximum atomic E-state index is 12.4. The maximum absolute atomic E-state index is 12.4. The molecule has 0 aliphatic heterocycles. The molecule has 3 unspecified atom stereocenters. The first-order valence-electron chi connectivity index (χ1n) is 8.11. The monoisotopic (exact) mass is 301 g/mol. The molecule has 20 heavy (non-hydrogen) atoms. The molecule has 1 saturated carbocycles. The summed E-state index contributed by atoms with van der Waals surface area (Å²) in [6.07, 6.45) is 5.41. The van der Waals surface area contributed by atoms with Crippen molar-refractivity contribution in [2.75, 3.05) is 18.9 Å². The standard InChI is InChI=1S/C16H31NO2S/c1-5-13(4)12-20-14-9-8-10-16(11-14,17-6-2)15(18)19-7-3/h13-14,17H,5-12H2,1-4H3. The fourth-order valence-electron chi connectivity index (χ4n) is 2.81. The predicted octanol–water partition coefficient (Wildman–Crippen LogP) is 3.62. The fourth-order valence-corrected chi connectivity index (χ4v) is 4.38. The van der Waals surface area contributed by atoms with E-state index < -0.39 is 5.54 Å². The average molecular weight is 301 g/mol. The summed E-state index contributed by atoms with van der Waals surface area (Å²) in [6.45, 7) is 9.79. The highest BCUT2D eigenvalue weighted by molar-refractivity contribution is 7.99. The lowest BCUT2D eigenvalue weighted by Gasteiger charge is -2.39. The minimum Gasteiger partial charge on any atom is -0.465 e. The van der Waals surface area contributed by atoms with E-state index in [0.717, 1.165) is 31.7 Å². The van der Waals surface area contributed by atoms with E-state index in [1.54, 1.807) is 0 Å². The van der Waals surface area contributed by atoms with Crippen LogP contribution in [0.15, 0.2) is 0 Å². The lowest BCUT2D eigenvalue weighted by molar-refractivity contribution is -0.152. The number of esters is 1. The number of carbonyl (C=O) groups is 1. The highest BCUT2D eigenvalue weighted by Crippen LogP contribution is 2.36. The van der Waals surface area contributed by atoms with Gasteiger partial charge in [-0.05, 0) is 50.8 Å². The van der Waals surface area contributed by atoms with Crippen molar-refractivity contribution in [1.82, 2.24) is 5.32 Å². The third-order valence-electron chi connectivity index (χ3n) is 4.20. The van der Waals surface area contributed by atoms with Crippen molar-refractivity contribution in [3.05, 3.63) is 0 Å². The Kier molecular flexibility index (Phi) is 7.96. The zero-order valence-electron chi connectivity index (χ0n) is 13.5. The summed E-state index contributed by atoms with van der Waals surface area (Å²) in [5, 5.41) is 4.01. The van der Waals surface area contributed by atoms with E-state index in [4.69, 9.17) is 4.74 Å². The van der Waals surface area contributed by atoms with E-state index in [9.17, 15) is 4.79 Å². The Balaban J connectivity index is 2.63. The zero-order valence-corrected chi connectivity index (χ0v) is 14.4. The van der Waals surface area contributed by atoms with Crippen LogP contribution < -0.4 is 5.32 Å². The molecule has 118 valence electrons. The summed E-state index contributed by atoms with van der Waals surface area (Å²) in [7, 11) is 0. The molecule has 0 saturated heterocycles. The topological polar surface area (TPSA) is 38.3 Å². The third-order valence-corrected chi connectivity index (χ3v) is 5.84. The molecule has 1 N–H and O–H groups in total. The second kappa shape index (κ2) is 8.93. The van der Waals surface area contributed by atoms with Crippen LogP contribution >= 0.6 is 11.8 Å². The van der Waals surface area contributed by atoms with Crippen molar-refractivity contribution < 1.29 is 9.53 Å². The van der Waals surface area contributed by atoms with Gasteiger partial charge in [-0.3, -0.25) is 4.79 Å². The van der Waals surface area contributed by atoms with Gasteiger partial charge in [0, 0.05) is 5.25 Å². The lowest BCUT2D eigenvalue weighted by Crippen LogP contribution is -2.56. The molecule has 0 aromatic rings. The molecule has 0 spiro atoms. The van der Waals surface area contributed by atoms with Crippen LogP contribution in [0.2, 0.25) is 0 Å². The number of thioether (sulfide) groups is 1. The van der Waals surface area contributed by atoms with Crippen molar-refractivity contribution in [2.45, 2.75) is 70.6 Å². The summed E-state index contributed by atoms with van der Waals surface area (Å²) in [6, 6.07) is 0. The predicted molar refractivity (Wildman–Crippen MR) is 87.2 cm³/mol. The Hall–Kier alpha value is -0.220. The molecule has 0 radical (unpaired) electrons. The highest BCUT2D eigenvalue weighted by atomic mass is 32.2. The number of rotatable bonds is 8. The second-order valence-corrected chi connectivity index (χ2v) is 7.23. The van der Waals surface area contributed by atoms with Gasteiger partial charge in [0.05, 0.1) is 6.61 Å². The van der Waals surface area contributed by atoms with Crippen LogP contribution in [0.1, 0.15) is 59.8 Å². The minimum atomic E-state index is -0.434. The molecular weight excluding hydrogens is 270 g/mol. The molecule has 1 aliphatic rings. The van der Waals surface area contributed by atoms with Crippen molar-refractivity contribution in [3.63, 3.8) is 0 Å². The van der Waals surface area contributed by atoms with Crippen LogP contribution in [0, 0.1) is 5.92 Å². The molecular formula is C16H31NO2S. The number of carbonyl (C=O) groups excluding carboxylic acids is 1. The van der Waals surface area contributed by atoms with E-state index >= 15 is 0 Å². The van der Waals surface area contributed by atoms with Crippen molar-refractivity contribution in [2.24, 2.45) is 5.92 Å². The quantitative estimate of drug-likeness (QED) is 0.695. The highest BCUT2D eigenvalue weighted by Gasteiger charge is 2.43. The summed E-state index contributed by atoms with van der Waals surface area (Å²) in [4.78, 5) is 12.4. The minimum absolute atomic E-state index is 0.0457. The number of hydrogen-bond donors (Lipinski definition) is 1. The maximum Gasteiger partial charge on any atom is 0.326 e. The lowest BCUT2D eigenvalue weighted by atomic mass is 9.81. The SMILES string of the molecule is CCNC1(C(=O)OCC)CCCC(SCC(C)CC)C1. The van der Waals surface area contributed by atoms with Crippen molar-refractivity contribution >= 4 is 17.7 Å². The Morgan fingerprint density at radius 1 is 1.45 bits per heavy atom. The average Bonchev–Trinajstić information content (AvgIpc) is 2.45. The normalized spacial score (nSPS) is 28.1. The molecule has 1 fully saturated rings. The molecule has 3 nitrogen and oxygen atoms in total. The third kappa shape index (κ3) is 4.96. The molecule has 0 aromatic carbocycles. The molecule has 0 bridgehead atoms. The molecule has 0 aromatic heterocycles. The summed E-state index contributed by atoms with van der Waals surface area (Å²) in [5.74, 6) is 1.92. The number of nitrogens with one attached hydrogen (secondary N) is 1. The van der Waals surface area contributed by atoms with Gasteiger partial charge in [-0.15, -0.1) is 0 Å². The largest absolute Gasteiger partial charge is 0.465 e. The van der Waals surface area contributed by atoms with E-state index in [2.05, 4.69) is 26.1 Å². The smallest absolute Gasteiger partial charge is 0.326 e. The molecule has 1 aliphatic carbocycles. The Morgan fingerprint density at radius 3 is 2.80 bits per heavy atom.